The number of alkyl halides is 7. The fourth-order valence-corrected chi connectivity index (χ4v) is 6.52. The van der Waals surface area contributed by atoms with Crippen molar-refractivity contribution in [2.24, 2.45) is 0 Å². The molecule has 0 bridgehead atoms. The maximum absolute atomic E-state index is 13.9. The summed E-state index contributed by atoms with van der Waals surface area (Å²) >= 11 is 5.92. The maximum atomic E-state index is 13.9. The number of rotatable bonds is 6. The van der Waals surface area contributed by atoms with Crippen LogP contribution in [0.5, 0.6) is 0 Å². The van der Waals surface area contributed by atoms with E-state index in [0.717, 1.165) is 43.0 Å². The molecule has 0 N–H and O–H groups in total. The summed E-state index contributed by atoms with van der Waals surface area (Å²) in [6.45, 7) is 5.72. The van der Waals surface area contributed by atoms with Gasteiger partial charge in [-0.3, -0.25) is 0 Å². The molecule has 2 aliphatic rings. The summed E-state index contributed by atoms with van der Waals surface area (Å²) < 4.78 is 99.3. The molecule has 0 unspecified atom stereocenters. The molecule has 4 aromatic carbocycles. The molecule has 0 aliphatic heterocycles. The first-order chi connectivity index (χ1) is 24.0. The van der Waals surface area contributed by atoms with Crippen LogP contribution in [-0.4, -0.2) is 3.74 Å². The summed E-state index contributed by atoms with van der Waals surface area (Å²) in [5.41, 5.74) is 3.61. The van der Waals surface area contributed by atoms with E-state index < -0.39 is 37.4 Å². The number of unbranched alkanes of at least 4 members (excludes halogenated alkanes) is 1. The van der Waals surface area contributed by atoms with E-state index in [-0.39, 0.29) is 24.4 Å². The zero-order valence-electron chi connectivity index (χ0n) is 29.1. The van der Waals surface area contributed by atoms with Gasteiger partial charge in [0.25, 0.3) is 0 Å². The smallest absolute Gasteiger partial charge is 0.343 e. The monoisotopic (exact) mass is 916 g/mol. The van der Waals surface area contributed by atoms with Gasteiger partial charge in [0.2, 0.25) is 0 Å². The number of hydrogen-bond donors (Lipinski definition) is 0. The zero-order chi connectivity index (χ0) is 37.8. The molecule has 12 heteroatoms. The first kappa shape index (κ1) is 46.5. The van der Waals surface area contributed by atoms with Crippen LogP contribution < -0.4 is 18.9 Å². The molecule has 2 aliphatic carbocycles. The Labute approximate surface area is 339 Å². The first-order valence-corrected chi connectivity index (χ1v) is 19.2. The maximum Gasteiger partial charge on any atom is 1.00 e. The topological polar surface area (TPSA) is 0 Å². The van der Waals surface area contributed by atoms with Gasteiger partial charge in [-0.1, -0.05) is 87.6 Å². The average molecular weight is 919 g/mol. The van der Waals surface area contributed by atoms with Crippen molar-refractivity contribution in [3.8, 4) is 22.3 Å². The third kappa shape index (κ3) is 15.6. The van der Waals surface area contributed by atoms with Crippen LogP contribution in [0.25, 0.3) is 22.3 Å². The van der Waals surface area contributed by atoms with Crippen molar-refractivity contribution in [3.63, 3.8) is 0 Å². The SMILES string of the molecule is FC(F)(Br)Br.Fc1cc(-c2ccc(C3CCCC3)cc2)cc(F)c1C(F)(F)Br.Fc1cc(F)cc(-c2ccc(C3CCCC3)cc2)c1.[CH2-]CCC.[Li+]. The van der Waals surface area contributed by atoms with Crippen molar-refractivity contribution in [3.05, 3.63) is 126 Å². The molecule has 0 spiro atoms. The van der Waals surface area contributed by atoms with E-state index in [0.29, 0.717) is 23.0 Å². The predicted octanol–water partition coefficient (Wildman–Crippen LogP) is 13.0. The third-order valence-electron chi connectivity index (χ3n) is 8.68. The van der Waals surface area contributed by atoms with Crippen molar-refractivity contribution < 1.29 is 54.0 Å². The quantitative estimate of drug-likeness (QED) is 0.0782. The molecule has 0 nitrogen and oxygen atoms in total. The molecule has 4 aromatic rings. The standard InChI is InChI=1S/C18H15BrF4.C17H16F2.C4H9.CBr2F2.Li/c19-18(22,23)17-15(20)9-14(10-16(17)21)13-7-5-12(6-8-13)11-3-1-2-4-11;18-16-9-15(10-17(19)11-16)14-7-5-13(6-8-14)12-3-1-2-4-12;1-3-4-2;2-1(3,4)5;/h5-11H,1-4H2;5-12H,1-4H2;1,3-4H2,2H3;;/q;;-1;;+1. The minimum absolute atomic E-state index is 0. The van der Waals surface area contributed by atoms with Crippen molar-refractivity contribution in [1.82, 2.24) is 0 Å². The Morgan fingerprint density at radius 1 is 0.577 bits per heavy atom. The Morgan fingerprint density at radius 2 is 0.885 bits per heavy atom. The summed E-state index contributed by atoms with van der Waals surface area (Å²) in [6, 6.07) is 21.1. The van der Waals surface area contributed by atoms with Gasteiger partial charge in [0.1, 0.15) is 28.8 Å². The number of hydrogen-bond acceptors (Lipinski definition) is 0. The van der Waals surface area contributed by atoms with Gasteiger partial charge in [0, 0.05) is 37.9 Å². The average Bonchev–Trinajstić information content (AvgIpc) is 3.79. The van der Waals surface area contributed by atoms with E-state index in [1.54, 1.807) is 12.1 Å². The molecule has 0 radical (unpaired) electrons. The fraction of sp³-hybridized carbons (Fsp3) is 0.375. The molecule has 0 atom stereocenters. The molecular weight excluding hydrogens is 879 g/mol. The van der Waals surface area contributed by atoms with Gasteiger partial charge in [-0.15, -0.1) is 0 Å². The van der Waals surface area contributed by atoms with Crippen LogP contribution in [0.4, 0.5) is 35.1 Å². The second kappa shape index (κ2) is 22.0. The first-order valence-electron chi connectivity index (χ1n) is 16.8. The second-order valence-corrected chi connectivity index (χ2v) is 16.5. The predicted molar refractivity (Wildman–Crippen MR) is 202 cm³/mol. The molecule has 52 heavy (non-hydrogen) atoms. The van der Waals surface area contributed by atoms with Crippen LogP contribution in [0.15, 0.2) is 78.9 Å². The Kier molecular flexibility index (Phi) is 19.7. The minimum atomic E-state index is -3.73. The molecule has 6 rings (SSSR count). The molecule has 0 saturated heterocycles. The number of benzene rings is 4. The molecule has 0 amide bonds. The van der Waals surface area contributed by atoms with Gasteiger partial charge in [0.05, 0.1) is 0 Å². The van der Waals surface area contributed by atoms with Crippen LogP contribution >= 0.6 is 47.8 Å². The molecular formula is C40H40Br3F8Li. The van der Waals surface area contributed by atoms with E-state index in [2.05, 4.69) is 26.0 Å². The molecule has 0 aromatic heterocycles. The van der Waals surface area contributed by atoms with Gasteiger partial charge < -0.3 is 6.92 Å². The fourth-order valence-electron chi connectivity index (χ4n) is 6.14. The summed E-state index contributed by atoms with van der Waals surface area (Å²) in [6.07, 6.45) is 12.2. The van der Waals surface area contributed by atoms with Crippen molar-refractivity contribution >= 4 is 47.8 Å². The van der Waals surface area contributed by atoms with E-state index in [9.17, 15) is 35.1 Å². The molecule has 278 valence electrons. The van der Waals surface area contributed by atoms with Crippen LogP contribution in [0.3, 0.4) is 0 Å². The van der Waals surface area contributed by atoms with Crippen LogP contribution in [0, 0.1) is 30.2 Å². The summed E-state index contributed by atoms with van der Waals surface area (Å²) in [4.78, 5) is -3.73. The summed E-state index contributed by atoms with van der Waals surface area (Å²) in [7, 11) is 0. The summed E-state index contributed by atoms with van der Waals surface area (Å²) in [5, 5.41) is 0. The number of halogens is 11. The molecule has 2 fully saturated rings. The molecule has 0 heterocycles. The van der Waals surface area contributed by atoms with Gasteiger partial charge in [-0.05, 0) is 111 Å². The van der Waals surface area contributed by atoms with Gasteiger partial charge in [-0.25, -0.2) is 17.6 Å². The van der Waals surface area contributed by atoms with E-state index in [1.165, 1.54) is 68.2 Å². The zero-order valence-corrected chi connectivity index (χ0v) is 33.9. The Balaban J connectivity index is 0.000000291. The van der Waals surface area contributed by atoms with E-state index in [1.807, 2.05) is 72.1 Å². The van der Waals surface area contributed by atoms with Crippen molar-refractivity contribution in [1.29, 1.82) is 0 Å². The summed E-state index contributed by atoms with van der Waals surface area (Å²) in [5.74, 6) is -2.38. The second-order valence-electron chi connectivity index (χ2n) is 12.5. The third-order valence-corrected chi connectivity index (χ3v) is 9.08. The van der Waals surface area contributed by atoms with E-state index in [4.69, 9.17) is 0 Å². The largest absolute Gasteiger partial charge is 1.00 e. The van der Waals surface area contributed by atoms with Crippen LogP contribution in [-0.2, 0) is 4.83 Å². The van der Waals surface area contributed by atoms with Crippen LogP contribution in [0.2, 0.25) is 0 Å². The Hall–Kier alpha value is -1.64. The minimum Gasteiger partial charge on any atom is -0.343 e. The van der Waals surface area contributed by atoms with Gasteiger partial charge >= 0.3 is 27.4 Å². The van der Waals surface area contributed by atoms with E-state index >= 15 is 0 Å². The van der Waals surface area contributed by atoms with Gasteiger partial charge in [-0.2, -0.15) is 24.0 Å². The Morgan fingerprint density at radius 3 is 1.17 bits per heavy atom. The van der Waals surface area contributed by atoms with Crippen molar-refractivity contribution in [2.45, 2.75) is 91.5 Å². The van der Waals surface area contributed by atoms with Crippen molar-refractivity contribution in [2.75, 3.05) is 0 Å². The van der Waals surface area contributed by atoms with Gasteiger partial charge in [0.15, 0.2) is 0 Å². The normalized spacial score (nSPS) is 14.6. The Bertz CT molecular complexity index is 1590. The van der Waals surface area contributed by atoms with Crippen LogP contribution in [0.1, 0.15) is 99.7 Å². The molecule has 2 saturated carbocycles.